The van der Waals surface area contributed by atoms with Crippen LogP contribution < -0.4 is 10.6 Å². The summed E-state index contributed by atoms with van der Waals surface area (Å²) < 4.78 is 27.7. The summed E-state index contributed by atoms with van der Waals surface area (Å²) in [6, 6.07) is 2.32. The van der Waals surface area contributed by atoms with E-state index >= 15 is 0 Å². The van der Waals surface area contributed by atoms with Crippen molar-refractivity contribution in [1.82, 2.24) is 0 Å². The highest BCUT2D eigenvalue weighted by atomic mass is 19.1. The Morgan fingerprint density at radius 2 is 2.00 bits per heavy atom. The van der Waals surface area contributed by atoms with E-state index in [1.165, 1.54) is 12.1 Å². The Bertz CT molecular complexity index is 388. The third kappa shape index (κ3) is 2.25. The fourth-order valence-electron chi connectivity index (χ4n) is 2.33. The van der Waals surface area contributed by atoms with Gasteiger partial charge in [-0.15, -0.1) is 0 Å². The molecule has 0 aromatic heterocycles. The summed E-state index contributed by atoms with van der Waals surface area (Å²) in [6.07, 6.45) is 1.59. The van der Waals surface area contributed by atoms with Crippen molar-refractivity contribution < 1.29 is 13.9 Å². The second kappa shape index (κ2) is 4.98. The molecule has 0 amide bonds. The molecule has 1 aromatic carbocycles. The van der Waals surface area contributed by atoms with Gasteiger partial charge in [0, 0.05) is 13.1 Å². The minimum Gasteiger partial charge on any atom is -0.394 e. The summed E-state index contributed by atoms with van der Waals surface area (Å²) in [5.74, 6) is -1.21. The highest BCUT2D eigenvalue weighted by Crippen LogP contribution is 2.31. The maximum absolute atomic E-state index is 13.8. The van der Waals surface area contributed by atoms with Crippen molar-refractivity contribution >= 4 is 5.69 Å². The Labute approximate surface area is 98.8 Å². The number of anilines is 1. The molecular formula is C12H16F2N2O. The summed E-state index contributed by atoms with van der Waals surface area (Å²) >= 11 is 0. The predicted molar refractivity (Wildman–Crippen MR) is 61.7 cm³/mol. The molecule has 3 N–H and O–H groups in total. The largest absolute Gasteiger partial charge is 0.394 e. The summed E-state index contributed by atoms with van der Waals surface area (Å²) in [5.41, 5.74) is 5.75. The normalized spacial score (nSPS) is 20.0. The molecule has 0 spiro atoms. The second-order valence-electron chi connectivity index (χ2n) is 4.28. The van der Waals surface area contributed by atoms with Crippen LogP contribution in [0, 0.1) is 11.6 Å². The van der Waals surface area contributed by atoms with E-state index in [1.54, 1.807) is 4.90 Å². The van der Waals surface area contributed by atoms with Gasteiger partial charge in [-0.25, -0.2) is 8.78 Å². The standard InChI is InChI=1S/C12H16F2N2O/c13-10-4-8(6-15)5-11(14)12(10)16-3-1-2-9(16)7-17/h4-5,9,17H,1-3,6-7,15H2. The minimum absolute atomic E-state index is 0.0428. The molecule has 1 unspecified atom stereocenters. The van der Waals surface area contributed by atoms with Gasteiger partial charge in [0.25, 0.3) is 0 Å². The number of aliphatic hydroxyl groups excluding tert-OH is 1. The molecule has 2 rings (SSSR count). The van der Waals surface area contributed by atoms with Crippen LogP contribution in [0.2, 0.25) is 0 Å². The Morgan fingerprint density at radius 3 is 2.53 bits per heavy atom. The second-order valence-corrected chi connectivity index (χ2v) is 4.28. The number of nitrogens with zero attached hydrogens (tertiary/aromatic N) is 1. The van der Waals surface area contributed by atoms with Crippen LogP contribution in [0.25, 0.3) is 0 Å². The summed E-state index contributed by atoms with van der Waals surface area (Å²) in [6.45, 7) is 0.593. The molecule has 1 atom stereocenters. The average Bonchev–Trinajstić information content (AvgIpc) is 2.76. The van der Waals surface area contributed by atoms with Gasteiger partial charge in [-0.1, -0.05) is 0 Å². The van der Waals surface area contributed by atoms with Crippen LogP contribution in [-0.4, -0.2) is 24.3 Å². The Hall–Kier alpha value is -1.20. The van der Waals surface area contributed by atoms with Crippen LogP contribution >= 0.6 is 0 Å². The van der Waals surface area contributed by atoms with Crippen LogP contribution in [0.1, 0.15) is 18.4 Å². The van der Waals surface area contributed by atoms with Gasteiger partial charge >= 0.3 is 0 Å². The zero-order valence-electron chi connectivity index (χ0n) is 9.50. The lowest BCUT2D eigenvalue weighted by Gasteiger charge is -2.26. The average molecular weight is 242 g/mol. The van der Waals surface area contributed by atoms with Crippen molar-refractivity contribution in [2.45, 2.75) is 25.4 Å². The fourth-order valence-corrected chi connectivity index (χ4v) is 2.33. The fraction of sp³-hybridized carbons (Fsp3) is 0.500. The predicted octanol–water partition coefficient (Wildman–Crippen LogP) is 1.38. The first-order chi connectivity index (χ1) is 8.17. The van der Waals surface area contributed by atoms with Crippen LogP contribution in [0.3, 0.4) is 0 Å². The van der Waals surface area contributed by atoms with E-state index in [9.17, 15) is 13.9 Å². The van der Waals surface area contributed by atoms with Gasteiger partial charge in [0.15, 0.2) is 0 Å². The first-order valence-corrected chi connectivity index (χ1v) is 5.73. The third-order valence-corrected chi connectivity index (χ3v) is 3.19. The van der Waals surface area contributed by atoms with Crippen LogP contribution in [0.4, 0.5) is 14.5 Å². The van der Waals surface area contributed by atoms with Gasteiger partial charge in [-0.05, 0) is 30.5 Å². The molecule has 1 aliphatic heterocycles. The maximum atomic E-state index is 13.8. The van der Waals surface area contributed by atoms with Crippen molar-refractivity contribution in [3.05, 3.63) is 29.3 Å². The number of rotatable bonds is 3. The monoisotopic (exact) mass is 242 g/mol. The maximum Gasteiger partial charge on any atom is 0.149 e. The lowest BCUT2D eigenvalue weighted by Crippen LogP contribution is -2.33. The number of nitrogens with two attached hydrogens (primary N) is 1. The summed E-state index contributed by atoms with van der Waals surface area (Å²) in [7, 11) is 0. The lowest BCUT2D eigenvalue weighted by molar-refractivity contribution is 0.265. The molecule has 5 heteroatoms. The zero-order chi connectivity index (χ0) is 12.4. The molecule has 1 saturated heterocycles. The number of aliphatic hydroxyl groups is 1. The van der Waals surface area contributed by atoms with Gasteiger partial charge in [-0.3, -0.25) is 0 Å². The van der Waals surface area contributed by atoms with E-state index in [0.717, 1.165) is 12.8 Å². The highest BCUT2D eigenvalue weighted by Gasteiger charge is 2.28. The van der Waals surface area contributed by atoms with Gasteiger partial charge in [0.2, 0.25) is 0 Å². The number of benzene rings is 1. The SMILES string of the molecule is NCc1cc(F)c(N2CCCC2CO)c(F)c1. The Kier molecular flexibility index (Phi) is 3.59. The van der Waals surface area contributed by atoms with Crippen LogP contribution in [-0.2, 0) is 6.54 Å². The van der Waals surface area contributed by atoms with E-state index < -0.39 is 11.6 Å². The smallest absolute Gasteiger partial charge is 0.149 e. The minimum atomic E-state index is -0.606. The molecule has 0 bridgehead atoms. The van der Waals surface area contributed by atoms with Crippen LogP contribution in [0.15, 0.2) is 12.1 Å². The van der Waals surface area contributed by atoms with Crippen molar-refractivity contribution in [3.8, 4) is 0 Å². The van der Waals surface area contributed by atoms with Gasteiger partial charge in [0.1, 0.15) is 17.3 Å². The van der Waals surface area contributed by atoms with Crippen molar-refractivity contribution in [3.63, 3.8) is 0 Å². The van der Waals surface area contributed by atoms with Gasteiger partial charge in [-0.2, -0.15) is 0 Å². The molecule has 1 fully saturated rings. The molecule has 94 valence electrons. The lowest BCUT2D eigenvalue weighted by atomic mass is 10.1. The Morgan fingerprint density at radius 1 is 1.35 bits per heavy atom. The number of halogens is 2. The molecular weight excluding hydrogens is 226 g/mol. The van der Waals surface area contributed by atoms with E-state index in [0.29, 0.717) is 12.1 Å². The van der Waals surface area contributed by atoms with Crippen molar-refractivity contribution in [2.75, 3.05) is 18.1 Å². The van der Waals surface area contributed by atoms with Crippen molar-refractivity contribution in [1.29, 1.82) is 0 Å². The first kappa shape index (κ1) is 12.3. The van der Waals surface area contributed by atoms with E-state index in [2.05, 4.69) is 0 Å². The molecule has 17 heavy (non-hydrogen) atoms. The summed E-state index contributed by atoms with van der Waals surface area (Å²) in [4.78, 5) is 1.60. The Balaban J connectivity index is 2.38. The van der Waals surface area contributed by atoms with Crippen molar-refractivity contribution in [2.24, 2.45) is 5.73 Å². The zero-order valence-corrected chi connectivity index (χ0v) is 9.50. The quantitative estimate of drug-likeness (QED) is 0.842. The van der Waals surface area contributed by atoms with E-state index in [-0.39, 0.29) is 24.9 Å². The van der Waals surface area contributed by atoms with Gasteiger partial charge < -0.3 is 15.7 Å². The third-order valence-electron chi connectivity index (χ3n) is 3.19. The number of hydrogen-bond donors (Lipinski definition) is 2. The van der Waals surface area contributed by atoms with Gasteiger partial charge in [0.05, 0.1) is 12.6 Å². The first-order valence-electron chi connectivity index (χ1n) is 5.73. The molecule has 0 saturated carbocycles. The molecule has 1 aromatic rings. The molecule has 1 aliphatic rings. The summed E-state index contributed by atoms with van der Waals surface area (Å²) in [5, 5.41) is 9.17. The van der Waals surface area contributed by atoms with E-state index in [4.69, 9.17) is 5.73 Å². The van der Waals surface area contributed by atoms with E-state index in [1.807, 2.05) is 0 Å². The number of hydrogen-bond acceptors (Lipinski definition) is 3. The molecule has 0 radical (unpaired) electrons. The molecule has 3 nitrogen and oxygen atoms in total. The highest BCUT2D eigenvalue weighted by molar-refractivity contribution is 5.52. The molecule has 0 aliphatic carbocycles. The molecule has 1 heterocycles. The topological polar surface area (TPSA) is 49.5 Å². The van der Waals surface area contributed by atoms with Crippen LogP contribution in [0.5, 0.6) is 0 Å².